The summed E-state index contributed by atoms with van der Waals surface area (Å²) >= 11 is 0. The summed E-state index contributed by atoms with van der Waals surface area (Å²) in [6.45, 7) is 3.17. The summed E-state index contributed by atoms with van der Waals surface area (Å²) in [6, 6.07) is 17.1. The van der Waals surface area contributed by atoms with Gasteiger partial charge in [0.15, 0.2) is 0 Å². The summed E-state index contributed by atoms with van der Waals surface area (Å²) in [4.78, 5) is 2.46. The van der Waals surface area contributed by atoms with E-state index in [2.05, 4.69) is 65.3 Å². The molecule has 0 aliphatic carbocycles. The van der Waals surface area contributed by atoms with Crippen LogP contribution >= 0.6 is 0 Å². The van der Waals surface area contributed by atoms with Gasteiger partial charge in [-0.3, -0.25) is 4.90 Å². The lowest BCUT2D eigenvalue weighted by Crippen LogP contribution is -2.15. The molecule has 1 aliphatic rings. The number of aliphatic hydroxyl groups excluding tert-OH is 1. The van der Waals surface area contributed by atoms with Crippen LogP contribution < -0.4 is 0 Å². The molecule has 3 rings (SSSR count). The molecule has 0 spiro atoms. The van der Waals surface area contributed by atoms with Crippen LogP contribution in [0, 0.1) is 11.8 Å². The van der Waals surface area contributed by atoms with E-state index in [9.17, 15) is 0 Å². The minimum Gasteiger partial charge on any atom is -0.395 e. The van der Waals surface area contributed by atoms with Gasteiger partial charge in [0.2, 0.25) is 0 Å². The molecule has 2 nitrogen and oxygen atoms in total. The topological polar surface area (TPSA) is 23.5 Å². The maximum Gasteiger partial charge on any atom is 0.0540 e. The Morgan fingerprint density at radius 1 is 0.952 bits per heavy atom. The second kappa shape index (κ2) is 6.58. The molecular weight excluding hydrogens is 258 g/mol. The lowest BCUT2D eigenvalue weighted by Gasteiger charge is -2.14. The zero-order chi connectivity index (χ0) is 14.5. The first-order valence-corrected chi connectivity index (χ1v) is 7.33. The van der Waals surface area contributed by atoms with Gasteiger partial charge >= 0.3 is 0 Å². The van der Waals surface area contributed by atoms with Crippen LogP contribution in [0.25, 0.3) is 0 Å². The summed E-state index contributed by atoms with van der Waals surface area (Å²) in [5.74, 6) is 6.00. The maximum absolute atomic E-state index is 8.71. The normalized spacial score (nSPS) is 13.6. The average Bonchev–Trinajstić information content (AvgIpc) is 2.91. The highest BCUT2D eigenvalue weighted by atomic mass is 16.2. The molecule has 0 saturated heterocycles. The largest absolute Gasteiger partial charge is 0.395 e. The lowest BCUT2D eigenvalue weighted by molar-refractivity contribution is 0.275. The van der Waals surface area contributed by atoms with E-state index in [4.69, 9.17) is 5.11 Å². The number of rotatable bonds is 3. The first kappa shape index (κ1) is 13.9. The van der Waals surface area contributed by atoms with Gasteiger partial charge in [0.25, 0.3) is 0 Å². The van der Waals surface area contributed by atoms with Crippen LogP contribution in [0.3, 0.4) is 0 Å². The monoisotopic (exact) mass is 277 g/mol. The van der Waals surface area contributed by atoms with Gasteiger partial charge < -0.3 is 5.11 Å². The molecule has 2 heteroatoms. The first-order chi connectivity index (χ1) is 10.3. The Labute approximate surface area is 126 Å². The van der Waals surface area contributed by atoms with Crippen molar-refractivity contribution in [3.63, 3.8) is 0 Å². The predicted molar refractivity (Wildman–Crippen MR) is 84.4 cm³/mol. The van der Waals surface area contributed by atoms with Crippen molar-refractivity contribution in [2.24, 2.45) is 0 Å². The van der Waals surface area contributed by atoms with Crippen molar-refractivity contribution < 1.29 is 5.11 Å². The third kappa shape index (κ3) is 3.52. The molecule has 0 bridgehead atoms. The van der Waals surface area contributed by atoms with Crippen LogP contribution in [0.4, 0.5) is 0 Å². The van der Waals surface area contributed by atoms with Crippen LogP contribution in [0.15, 0.2) is 48.5 Å². The Hall–Kier alpha value is -2.08. The quantitative estimate of drug-likeness (QED) is 0.872. The van der Waals surface area contributed by atoms with Crippen LogP contribution in [0.1, 0.15) is 28.7 Å². The Kier molecular flexibility index (Phi) is 4.35. The molecular formula is C19H19NO. The van der Waals surface area contributed by atoms with Crippen molar-refractivity contribution in [2.45, 2.75) is 26.1 Å². The van der Waals surface area contributed by atoms with Crippen molar-refractivity contribution in [1.82, 2.24) is 4.90 Å². The fourth-order valence-electron chi connectivity index (χ4n) is 2.69. The molecule has 1 N–H and O–H groups in total. The minimum atomic E-state index is 0.126. The van der Waals surface area contributed by atoms with Gasteiger partial charge in [-0.15, -0.1) is 0 Å². The number of nitrogens with zero attached hydrogens (tertiary/aromatic N) is 1. The molecule has 1 aliphatic heterocycles. The Bertz CT molecular complexity index is 639. The molecule has 0 atom stereocenters. The highest BCUT2D eigenvalue weighted by Gasteiger charge is 2.17. The third-order valence-corrected chi connectivity index (χ3v) is 3.74. The van der Waals surface area contributed by atoms with Gasteiger partial charge in [-0.2, -0.15) is 0 Å². The SMILES string of the molecule is OCCC#Cc1ccc(CN2Cc3ccccc3C2)cc1. The summed E-state index contributed by atoms with van der Waals surface area (Å²) in [5.41, 5.74) is 5.22. The molecule has 0 aromatic heterocycles. The van der Waals surface area contributed by atoms with E-state index >= 15 is 0 Å². The van der Waals surface area contributed by atoms with Crippen LogP contribution in [-0.4, -0.2) is 16.6 Å². The summed E-state index contributed by atoms with van der Waals surface area (Å²) in [5, 5.41) is 8.71. The molecule has 2 aromatic carbocycles. The van der Waals surface area contributed by atoms with E-state index < -0.39 is 0 Å². The maximum atomic E-state index is 8.71. The second-order valence-corrected chi connectivity index (χ2v) is 5.39. The second-order valence-electron chi connectivity index (χ2n) is 5.39. The van der Waals surface area contributed by atoms with E-state index in [-0.39, 0.29) is 6.61 Å². The zero-order valence-electron chi connectivity index (χ0n) is 12.0. The van der Waals surface area contributed by atoms with Crippen LogP contribution in [0.5, 0.6) is 0 Å². The van der Waals surface area contributed by atoms with E-state index in [1.165, 1.54) is 16.7 Å². The molecule has 1 heterocycles. The zero-order valence-corrected chi connectivity index (χ0v) is 12.0. The molecule has 0 saturated carbocycles. The van der Waals surface area contributed by atoms with Gasteiger partial charge in [0.05, 0.1) is 6.61 Å². The van der Waals surface area contributed by atoms with Gasteiger partial charge in [0, 0.05) is 31.6 Å². The van der Waals surface area contributed by atoms with Crippen molar-refractivity contribution in [1.29, 1.82) is 0 Å². The van der Waals surface area contributed by atoms with Crippen molar-refractivity contribution in [2.75, 3.05) is 6.61 Å². The fourth-order valence-corrected chi connectivity index (χ4v) is 2.69. The van der Waals surface area contributed by atoms with Crippen molar-refractivity contribution in [3.8, 4) is 11.8 Å². The molecule has 0 fully saturated rings. The minimum absolute atomic E-state index is 0.126. The van der Waals surface area contributed by atoms with E-state index in [1.807, 2.05) is 0 Å². The molecule has 21 heavy (non-hydrogen) atoms. The number of aliphatic hydroxyl groups is 1. The van der Waals surface area contributed by atoms with Gasteiger partial charge in [-0.25, -0.2) is 0 Å². The Morgan fingerprint density at radius 2 is 1.62 bits per heavy atom. The standard InChI is InChI=1S/C19H19NO/c21-12-4-3-5-16-8-10-17(11-9-16)13-20-14-18-6-1-2-7-19(18)15-20/h1-2,6-11,21H,4,12-15H2. The highest BCUT2D eigenvalue weighted by Crippen LogP contribution is 2.23. The van der Waals surface area contributed by atoms with Crippen LogP contribution in [0.2, 0.25) is 0 Å². The highest BCUT2D eigenvalue weighted by molar-refractivity contribution is 5.36. The number of hydrogen-bond donors (Lipinski definition) is 1. The van der Waals surface area contributed by atoms with E-state index in [1.54, 1.807) is 0 Å². The van der Waals surface area contributed by atoms with Gasteiger partial charge in [-0.1, -0.05) is 48.2 Å². The first-order valence-electron chi connectivity index (χ1n) is 7.33. The predicted octanol–water partition coefficient (Wildman–Crippen LogP) is 2.94. The Balaban J connectivity index is 1.61. The molecule has 106 valence electrons. The molecule has 2 aromatic rings. The molecule has 0 unspecified atom stereocenters. The molecule has 0 radical (unpaired) electrons. The Morgan fingerprint density at radius 3 is 2.24 bits per heavy atom. The van der Waals surface area contributed by atoms with E-state index in [0.29, 0.717) is 6.42 Å². The number of hydrogen-bond acceptors (Lipinski definition) is 2. The fraction of sp³-hybridized carbons (Fsp3) is 0.263. The van der Waals surface area contributed by atoms with Crippen LogP contribution in [-0.2, 0) is 19.6 Å². The van der Waals surface area contributed by atoms with Crippen molar-refractivity contribution in [3.05, 3.63) is 70.8 Å². The summed E-state index contributed by atoms with van der Waals surface area (Å²) < 4.78 is 0. The van der Waals surface area contributed by atoms with E-state index in [0.717, 1.165) is 25.2 Å². The summed E-state index contributed by atoms with van der Waals surface area (Å²) in [7, 11) is 0. The van der Waals surface area contributed by atoms with Crippen molar-refractivity contribution >= 4 is 0 Å². The number of benzene rings is 2. The smallest absolute Gasteiger partial charge is 0.0540 e. The van der Waals surface area contributed by atoms with Gasteiger partial charge in [0.1, 0.15) is 0 Å². The van der Waals surface area contributed by atoms with Gasteiger partial charge in [-0.05, 0) is 28.8 Å². The third-order valence-electron chi connectivity index (χ3n) is 3.74. The molecule has 0 amide bonds. The lowest BCUT2D eigenvalue weighted by atomic mass is 10.1. The average molecular weight is 277 g/mol. The number of fused-ring (bicyclic) bond motifs is 1. The summed E-state index contributed by atoms with van der Waals surface area (Å²) in [6.07, 6.45) is 0.536.